The van der Waals surface area contributed by atoms with Crippen LogP contribution in [0.15, 0.2) is 0 Å². The minimum Gasteiger partial charge on any atom is -0.378 e. The number of nitrogens with one attached hydrogen (secondary N) is 1. The zero-order valence-electron chi connectivity index (χ0n) is 11.1. The van der Waals surface area contributed by atoms with Gasteiger partial charge in [-0.2, -0.15) is 0 Å². The van der Waals surface area contributed by atoms with Gasteiger partial charge in [-0.3, -0.25) is 0 Å². The molecule has 0 aromatic heterocycles. The van der Waals surface area contributed by atoms with Crippen molar-refractivity contribution >= 4 is 0 Å². The quantitative estimate of drug-likeness (QED) is 0.664. The van der Waals surface area contributed by atoms with Crippen molar-refractivity contribution in [2.75, 3.05) is 32.9 Å². The van der Waals surface area contributed by atoms with E-state index in [1.165, 1.54) is 32.1 Å². The van der Waals surface area contributed by atoms with Crippen molar-refractivity contribution in [3.63, 3.8) is 0 Å². The van der Waals surface area contributed by atoms with E-state index in [0.29, 0.717) is 18.3 Å². The highest BCUT2D eigenvalue weighted by Gasteiger charge is 2.31. The smallest absolute Gasteiger partial charge is 0.0824 e. The fourth-order valence-corrected chi connectivity index (χ4v) is 2.57. The Bertz CT molecular complexity index is 245. The Hall–Kier alpha value is -0.160. The van der Waals surface area contributed by atoms with Gasteiger partial charge in [0.1, 0.15) is 0 Å². The maximum Gasteiger partial charge on any atom is 0.0824 e. The molecule has 1 heterocycles. The lowest BCUT2D eigenvalue weighted by Gasteiger charge is -2.37. The molecule has 3 fully saturated rings. The van der Waals surface area contributed by atoms with Crippen LogP contribution in [0.5, 0.6) is 0 Å². The Morgan fingerprint density at radius 2 is 1.56 bits per heavy atom. The summed E-state index contributed by atoms with van der Waals surface area (Å²) in [5, 5.41) is 3.19. The van der Waals surface area contributed by atoms with Crippen LogP contribution >= 0.6 is 0 Å². The largest absolute Gasteiger partial charge is 0.378 e. The average molecular weight is 255 g/mol. The van der Waals surface area contributed by atoms with Crippen LogP contribution in [0.25, 0.3) is 0 Å². The first-order valence-electron chi connectivity index (χ1n) is 7.45. The molecule has 0 bridgehead atoms. The van der Waals surface area contributed by atoms with E-state index in [2.05, 4.69) is 5.32 Å². The van der Waals surface area contributed by atoms with Gasteiger partial charge in [-0.15, -0.1) is 0 Å². The third kappa shape index (κ3) is 3.44. The summed E-state index contributed by atoms with van der Waals surface area (Å²) in [4.78, 5) is 0. The van der Waals surface area contributed by atoms with Crippen LogP contribution in [0, 0.1) is 5.92 Å². The molecule has 1 N–H and O–H groups in total. The highest BCUT2D eigenvalue weighted by Crippen LogP contribution is 2.32. The standard InChI is InChI=1S/C14H25NO3/c1-2-12(3-1)18-10-11-6-13(7-11)16-4-5-17-14-8-15-9-14/h11-15H,1-10H2. The van der Waals surface area contributed by atoms with Crippen molar-refractivity contribution in [2.24, 2.45) is 5.92 Å². The minimum absolute atomic E-state index is 0.429. The number of hydrogen-bond acceptors (Lipinski definition) is 4. The maximum atomic E-state index is 5.82. The van der Waals surface area contributed by atoms with Crippen molar-refractivity contribution < 1.29 is 14.2 Å². The van der Waals surface area contributed by atoms with Gasteiger partial charge in [0.05, 0.1) is 31.5 Å². The molecule has 18 heavy (non-hydrogen) atoms. The number of rotatable bonds is 8. The fraction of sp³-hybridized carbons (Fsp3) is 1.00. The molecular formula is C14H25NO3. The fourth-order valence-electron chi connectivity index (χ4n) is 2.57. The van der Waals surface area contributed by atoms with E-state index < -0.39 is 0 Å². The predicted molar refractivity (Wildman–Crippen MR) is 68.7 cm³/mol. The molecule has 0 amide bonds. The Labute approximate surface area is 109 Å². The van der Waals surface area contributed by atoms with Gasteiger partial charge < -0.3 is 19.5 Å². The van der Waals surface area contributed by atoms with Gasteiger partial charge in [-0.05, 0) is 38.0 Å². The zero-order chi connectivity index (χ0) is 12.2. The molecule has 2 aliphatic carbocycles. The predicted octanol–water partition coefficient (Wildman–Crippen LogP) is 1.34. The topological polar surface area (TPSA) is 39.7 Å². The summed E-state index contributed by atoms with van der Waals surface area (Å²) in [6.07, 6.45) is 7.74. The second kappa shape index (κ2) is 6.33. The second-order valence-corrected chi connectivity index (χ2v) is 5.87. The molecule has 0 unspecified atom stereocenters. The highest BCUT2D eigenvalue weighted by atomic mass is 16.5. The van der Waals surface area contributed by atoms with Crippen LogP contribution in [-0.2, 0) is 14.2 Å². The lowest BCUT2D eigenvalue weighted by atomic mass is 9.83. The molecule has 1 aliphatic heterocycles. The molecule has 2 saturated carbocycles. The molecular weight excluding hydrogens is 230 g/mol. The lowest BCUT2D eigenvalue weighted by Crippen LogP contribution is -2.48. The average Bonchev–Trinajstić information content (AvgIpc) is 2.18. The Morgan fingerprint density at radius 1 is 0.833 bits per heavy atom. The van der Waals surface area contributed by atoms with E-state index in [1.54, 1.807) is 0 Å². The minimum atomic E-state index is 0.429. The molecule has 0 spiro atoms. The second-order valence-electron chi connectivity index (χ2n) is 5.87. The summed E-state index contributed by atoms with van der Waals surface area (Å²) < 4.78 is 17.2. The van der Waals surface area contributed by atoms with E-state index >= 15 is 0 Å². The van der Waals surface area contributed by atoms with Gasteiger partial charge in [-0.25, -0.2) is 0 Å². The van der Waals surface area contributed by atoms with Crippen molar-refractivity contribution in [1.82, 2.24) is 5.32 Å². The van der Waals surface area contributed by atoms with Crippen LogP contribution in [0.4, 0.5) is 0 Å². The number of hydrogen-bond donors (Lipinski definition) is 1. The maximum absolute atomic E-state index is 5.82. The van der Waals surface area contributed by atoms with Crippen molar-refractivity contribution in [1.29, 1.82) is 0 Å². The van der Waals surface area contributed by atoms with Crippen LogP contribution in [0.1, 0.15) is 32.1 Å². The lowest BCUT2D eigenvalue weighted by molar-refractivity contribution is -0.0977. The summed E-state index contributed by atoms with van der Waals surface area (Å²) in [6.45, 7) is 4.45. The molecule has 0 aromatic carbocycles. The van der Waals surface area contributed by atoms with Gasteiger partial charge in [-0.1, -0.05) is 0 Å². The normalized spacial score (nSPS) is 32.7. The van der Waals surface area contributed by atoms with Gasteiger partial charge in [0, 0.05) is 19.7 Å². The molecule has 4 nitrogen and oxygen atoms in total. The first-order chi connectivity index (χ1) is 8.90. The van der Waals surface area contributed by atoms with Crippen LogP contribution in [0.2, 0.25) is 0 Å². The van der Waals surface area contributed by atoms with E-state index in [4.69, 9.17) is 14.2 Å². The van der Waals surface area contributed by atoms with E-state index in [9.17, 15) is 0 Å². The third-order valence-electron chi connectivity index (χ3n) is 4.35. The summed E-state index contributed by atoms with van der Waals surface area (Å²) >= 11 is 0. The molecule has 3 rings (SSSR count). The summed E-state index contributed by atoms with van der Waals surface area (Å²) in [5.41, 5.74) is 0. The zero-order valence-corrected chi connectivity index (χ0v) is 11.1. The Balaban J connectivity index is 1.14. The Morgan fingerprint density at radius 3 is 2.11 bits per heavy atom. The molecule has 104 valence electrons. The Kier molecular flexibility index (Phi) is 4.52. The molecule has 0 atom stereocenters. The van der Waals surface area contributed by atoms with Crippen LogP contribution in [0.3, 0.4) is 0 Å². The van der Waals surface area contributed by atoms with Crippen molar-refractivity contribution in [3.8, 4) is 0 Å². The van der Waals surface area contributed by atoms with Crippen molar-refractivity contribution in [3.05, 3.63) is 0 Å². The van der Waals surface area contributed by atoms with E-state index in [1.807, 2.05) is 0 Å². The van der Waals surface area contributed by atoms with Gasteiger partial charge in [0.15, 0.2) is 0 Å². The first-order valence-corrected chi connectivity index (χ1v) is 7.45. The molecule has 1 saturated heterocycles. The highest BCUT2D eigenvalue weighted by molar-refractivity contribution is 4.81. The van der Waals surface area contributed by atoms with Crippen LogP contribution in [-0.4, -0.2) is 51.2 Å². The summed E-state index contributed by atoms with van der Waals surface area (Å²) in [6, 6.07) is 0. The molecule has 3 aliphatic rings. The third-order valence-corrected chi connectivity index (χ3v) is 4.35. The van der Waals surface area contributed by atoms with Crippen molar-refractivity contribution in [2.45, 2.75) is 50.4 Å². The van der Waals surface area contributed by atoms with E-state index in [-0.39, 0.29) is 0 Å². The monoisotopic (exact) mass is 255 g/mol. The van der Waals surface area contributed by atoms with Crippen LogP contribution < -0.4 is 5.32 Å². The molecule has 0 aromatic rings. The first kappa shape index (κ1) is 12.9. The van der Waals surface area contributed by atoms with Gasteiger partial charge in [0.2, 0.25) is 0 Å². The number of ether oxygens (including phenoxy) is 3. The molecule has 0 radical (unpaired) electrons. The molecule has 4 heteroatoms. The summed E-state index contributed by atoms with van der Waals surface area (Å²) in [5.74, 6) is 0.743. The summed E-state index contributed by atoms with van der Waals surface area (Å²) in [7, 11) is 0. The van der Waals surface area contributed by atoms with Gasteiger partial charge in [0.25, 0.3) is 0 Å². The van der Waals surface area contributed by atoms with E-state index in [0.717, 1.165) is 38.8 Å². The van der Waals surface area contributed by atoms with Gasteiger partial charge >= 0.3 is 0 Å². The SMILES string of the molecule is C1CC(OCC2CC(OCCOC3CNC3)C2)C1.